The molecule has 1 aromatic heterocycles. The molecule has 0 spiro atoms. The number of benzene rings is 2. The molecule has 166 valence electrons. The Balaban J connectivity index is 1.77. The van der Waals surface area contributed by atoms with E-state index in [1.54, 1.807) is 23.7 Å². The van der Waals surface area contributed by atoms with Gasteiger partial charge in [0.15, 0.2) is 11.5 Å². The van der Waals surface area contributed by atoms with Crippen molar-refractivity contribution in [2.24, 2.45) is 0 Å². The summed E-state index contributed by atoms with van der Waals surface area (Å²) in [6, 6.07) is 11.3. The highest BCUT2D eigenvalue weighted by Gasteiger charge is 2.34. The maximum absolute atomic E-state index is 13.4. The minimum absolute atomic E-state index is 0.106. The Morgan fingerprint density at radius 2 is 1.97 bits per heavy atom. The summed E-state index contributed by atoms with van der Waals surface area (Å²) in [5.74, 6) is 0.124. The van der Waals surface area contributed by atoms with E-state index in [1.165, 1.54) is 19.5 Å². The molecule has 2 heterocycles. The average Bonchev–Trinajstić information content (AvgIpc) is 3.22. The van der Waals surface area contributed by atoms with Gasteiger partial charge in [-0.3, -0.25) is 4.79 Å². The van der Waals surface area contributed by atoms with Crippen LogP contribution in [0.4, 0.5) is 20.4 Å². The normalized spacial score (nSPS) is 15.2. The first-order valence-corrected chi connectivity index (χ1v) is 9.76. The number of halogens is 2. The van der Waals surface area contributed by atoms with E-state index >= 15 is 0 Å². The number of carbonyl (C=O) groups excluding carboxylic acids is 1. The minimum atomic E-state index is -2.99. The smallest absolute Gasteiger partial charge is 0.387 e. The maximum Gasteiger partial charge on any atom is 0.387 e. The van der Waals surface area contributed by atoms with Crippen LogP contribution in [0, 0.1) is 6.92 Å². The van der Waals surface area contributed by atoms with Crippen LogP contribution in [-0.2, 0) is 4.79 Å². The molecule has 1 aliphatic heterocycles. The molecule has 10 heteroatoms. The number of nitrogens with zero attached hydrogens (tertiary/aromatic N) is 3. The third kappa shape index (κ3) is 3.98. The van der Waals surface area contributed by atoms with Crippen molar-refractivity contribution in [3.05, 3.63) is 71.2 Å². The number of methoxy groups -OCH3 is 1. The molecule has 0 bridgehead atoms. The van der Waals surface area contributed by atoms with E-state index in [1.807, 2.05) is 31.2 Å². The van der Waals surface area contributed by atoms with Gasteiger partial charge in [0.1, 0.15) is 12.4 Å². The van der Waals surface area contributed by atoms with Gasteiger partial charge in [0.25, 0.3) is 5.91 Å². The second-order valence-corrected chi connectivity index (χ2v) is 7.15. The number of hydrogen-bond acceptors (Lipinski definition) is 6. The van der Waals surface area contributed by atoms with Gasteiger partial charge in [0.05, 0.1) is 12.7 Å². The molecule has 0 fully saturated rings. The van der Waals surface area contributed by atoms with Crippen LogP contribution in [0.3, 0.4) is 0 Å². The van der Waals surface area contributed by atoms with Crippen LogP contribution < -0.4 is 20.1 Å². The highest BCUT2D eigenvalue weighted by atomic mass is 19.3. The first kappa shape index (κ1) is 21.3. The van der Waals surface area contributed by atoms with Crippen LogP contribution in [0.15, 0.2) is 60.1 Å². The summed E-state index contributed by atoms with van der Waals surface area (Å²) < 4.78 is 36.8. The molecule has 4 rings (SSSR count). The van der Waals surface area contributed by atoms with Gasteiger partial charge in [-0.15, -0.1) is 0 Å². The summed E-state index contributed by atoms with van der Waals surface area (Å²) in [5, 5.41) is 10.3. The molecule has 8 nitrogen and oxygen atoms in total. The monoisotopic (exact) mass is 441 g/mol. The third-order valence-corrected chi connectivity index (χ3v) is 5.15. The van der Waals surface area contributed by atoms with Gasteiger partial charge in [-0.25, -0.2) is 4.68 Å². The molecular formula is C22H21F2N5O3. The van der Waals surface area contributed by atoms with E-state index in [2.05, 4.69) is 25.5 Å². The van der Waals surface area contributed by atoms with Crippen LogP contribution in [-0.4, -0.2) is 34.4 Å². The predicted octanol–water partition coefficient (Wildman–Crippen LogP) is 4.12. The number of allylic oxidation sites excluding steroid dienone is 1. The number of fused-ring (bicyclic) bond motifs is 1. The lowest BCUT2D eigenvalue weighted by atomic mass is 9.94. The van der Waals surface area contributed by atoms with Gasteiger partial charge in [-0.2, -0.15) is 18.9 Å². The summed E-state index contributed by atoms with van der Waals surface area (Å²) in [6.07, 6.45) is 1.37. The molecule has 1 unspecified atom stereocenters. The summed E-state index contributed by atoms with van der Waals surface area (Å²) >= 11 is 0. The van der Waals surface area contributed by atoms with Gasteiger partial charge in [0, 0.05) is 11.4 Å². The lowest BCUT2D eigenvalue weighted by molar-refractivity contribution is -0.113. The fourth-order valence-corrected chi connectivity index (χ4v) is 3.64. The van der Waals surface area contributed by atoms with Gasteiger partial charge >= 0.3 is 6.61 Å². The number of amides is 1. The Bertz CT molecular complexity index is 1190. The summed E-state index contributed by atoms with van der Waals surface area (Å²) in [5.41, 5.74) is 3.17. The molecule has 1 amide bonds. The summed E-state index contributed by atoms with van der Waals surface area (Å²) in [4.78, 5) is 17.6. The average molecular weight is 441 g/mol. The van der Waals surface area contributed by atoms with Crippen LogP contribution in [0.2, 0.25) is 0 Å². The van der Waals surface area contributed by atoms with E-state index in [4.69, 9.17) is 4.74 Å². The SMILES string of the molecule is COc1cc(C2C(C(=O)Nc3ccccc3C)=C(C)Nc3ncnn32)ccc1OC(F)F. The van der Waals surface area contributed by atoms with Crippen molar-refractivity contribution in [3.8, 4) is 11.5 Å². The maximum atomic E-state index is 13.4. The third-order valence-electron chi connectivity index (χ3n) is 5.15. The molecule has 3 aromatic rings. The van der Waals surface area contributed by atoms with Crippen LogP contribution in [0.5, 0.6) is 11.5 Å². The summed E-state index contributed by atoms with van der Waals surface area (Å²) in [7, 11) is 1.35. The standard InChI is InChI=1S/C22H21F2N5O3/c1-12-6-4-5-7-15(12)28-20(30)18-13(2)27-22-25-11-26-29(22)19(18)14-8-9-16(32-21(23)24)17(10-14)31-3/h4-11,19,21H,1-3H3,(H,28,30)(H,25,26,27). The lowest BCUT2D eigenvalue weighted by Crippen LogP contribution is -2.31. The Hall–Kier alpha value is -3.95. The molecule has 0 aliphatic carbocycles. The Kier molecular flexibility index (Phi) is 5.76. The largest absolute Gasteiger partial charge is 0.493 e. The predicted molar refractivity (Wildman–Crippen MR) is 114 cm³/mol. The van der Waals surface area contributed by atoms with Crippen LogP contribution in [0.1, 0.15) is 24.1 Å². The molecule has 1 aliphatic rings. The fourth-order valence-electron chi connectivity index (χ4n) is 3.64. The van der Waals surface area contributed by atoms with Gasteiger partial charge < -0.3 is 20.1 Å². The number of carbonyl (C=O) groups is 1. The molecule has 1 atom stereocenters. The highest BCUT2D eigenvalue weighted by Crippen LogP contribution is 2.39. The van der Waals surface area contributed by atoms with Crippen LogP contribution in [0.25, 0.3) is 0 Å². The first-order chi connectivity index (χ1) is 15.4. The zero-order chi connectivity index (χ0) is 22.8. The lowest BCUT2D eigenvalue weighted by Gasteiger charge is -2.29. The molecule has 2 N–H and O–H groups in total. The molecule has 0 saturated carbocycles. The van der Waals surface area contributed by atoms with Gasteiger partial charge in [-0.1, -0.05) is 24.3 Å². The van der Waals surface area contributed by atoms with Crippen molar-refractivity contribution in [2.75, 3.05) is 17.7 Å². The van der Waals surface area contributed by atoms with E-state index < -0.39 is 12.7 Å². The fraction of sp³-hybridized carbons (Fsp3) is 0.227. The Labute approximate surface area is 182 Å². The number of rotatable bonds is 6. The molecule has 2 aromatic carbocycles. The van der Waals surface area contributed by atoms with Crippen molar-refractivity contribution < 1.29 is 23.0 Å². The van der Waals surface area contributed by atoms with Crippen molar-refractivity contribution >= 4 is 17.5 Å². The molecule has 32 heavy (non-hydrogen) atoms. The number of alkyl halides is 2. The first-order valence-electron chi connectivity index (χ1n) is 9.76. The van der Waals surface area contributed by atoms with E-state index in [0.717, 1.165) is 5.56 Å². The Morgan fingerprint density at radius 1 is 1.19 bits per heavy atom. The number of para-hydroxylation sites is 1. The number of hydrogen-bond donors (Lipinski definition) is 2. The number of anilines is 2. The molecule has 0 radical (unpaired) electrons. The second-order valence-electron chi connectivity index (χ2n) is 7.15. The zero-order valence-corrected chi connectivity index (χ0v) is 17.6. The van der Waals surface area contributed by atoms with Crippen molar-refractivity contribution in [1.82, 2.24) is 14.8 Å². The molecule has 0 saturated heterocycles. The summed E-state index contributed by atoms with van der Waals surface area (Å²) in [6.45, 7) is 0.673. The zero-order valence-electron chi connectivity index (χ0n) is 17.6. The quantitative estimate of drug-likeness (QED) is 0.598. The highest BCUT2D eigenvalue weighted by molar-refractivity contribution is 6.06. The topological polar surface area (TPSA) is 90.3 Å². The van der Waals surface area contributed by atoms with Crippen LogP contribution >= 0.6 is 0 Å². The van der Waals surface area contributed by atoms with Crippen molar-refractivity contribution in [3.63, 3.8) is 0 Å². The van der Waals surface area contributed by atoms with Gasteiger partial charge in [-0.05, 0) is 43.2 Å². The van der Waals surface area contributed by atoms with E-state index in [9.17, 15) is 13.6 Å². The number of nitrogens with one attached hydrogen (secondary N) is 2. The molecular weight excluding hydrogens is 420 g/mol. The number of ether oxygens (including phenoxy) is 2. The van der Waals surface area contributed by atoms with Crippen molar-refractivity contribution in [2.45, 2.75) is 26.5 Å². The number of aryl methyl sites for hydroxylation is 1. The number of aromatic nitrogens is 3. The minimum Gasteiger partial charge on any atom is -0.493 e. The second kappa shape index (κ2) is 8.66. The van der Waals surface area contributed by atoms with Crippen molar-refractivity contribution in [1.29, 1.82) is 0 Å². The Morgan fingerprint density at radius 3 is 2.69 bits per heavy atom. The van der Waals surface area contributed by atoms with E-state index in [0.29, 0.717) is 28.5 Å². The van der Waals surface area contributed by atoms with E-state index in [-0.39, 0.29) is 17.4 Å². The van der Waals surface area contributed by atoms with Gasteiger partial charge in [0.2, 0.25) is 5.95 Å².